The molecule has 0 aromatic carbocycles. The Bertz CT molecular complexity index is 97.6. The van der Waals surface area contributed by atoms with E-state index in [1.54, 1.807) is 0 Å². The van der Waals surface area contributed by atoms with Crippen molar-refractivity contribution in [3.05, 3.63) is 0 Å². The van der Waals surface area contributed by atoms with E-state index in [9.17, 15) is 9.66 Å². The van der Waals surface area contributed by atoms with Crippen molar-refractivity contribution in [1.29, 1.82) is 0 Å². The van der Waals surface area contributed by atoms with Gasteiger partial charge >= 0.3 is 0 Å². The fourth-order valence-electron chi connectivity index (χ4n) is 1.33. The van der Waals surface area contributed by atoms with Crippen molar-refractivity contribution < 1.29 is 9.66 Å². The van der Waals surface area contributed by atoms with Crippen molar-refractivity contribution in [2.24, 2.45) is 5.92 Å². The van der Waals surface area contributed by atoms with Gasteiger partial charge in [-0.3, -0.25) is 0 Å². The van der Waals surface area contributed by atoms with Crippen LogP contribution in [-0.2, 0) is 16.3 Å². The first-order valence-corrected chi connectivity index (χ1v) is 5.25. The van der Waals surface area contributed by atoms with Crippen molar-refractivity contribution in [3.8, 4) is 0 Å². The molecule has 1 saturated heterocycles. The molecule has 0 spiro atoms. The van der Waals surface area contributed by atoms with Crippen LogP contribution in [0.1, 0.15) is 19.3 Å². The summed E-state index contributed by atoms with van der Waals surface area (Å²) in [6.45, 7) is 0.0309. The minimum absolute atomic E-state index is 0.0309. The molecule has 2 nitrogen and oxygen atoms in total. The summed E-state index contributed by atoms with van der Waals surface area (Å²) < 4.78 is 10.8. The van der Waals surface area contributed by atoms with Crippen LogP contribution in [0.4, 0.5) is 0 Å². The van der Waals surface area contributed by atoms with Gasteiger partial charge in [-0.1, -0.05) is 11.2 Å². The lowest BCUT2D eigenvalue weighted by molar-refractivity contribution is 0.182. The van der Waals surface area contributed by atoms with E-state index in [-0.39, 0.29) is 6.61 Å². The number of hydrogen-bond acceptors (Lipinski definition) is 1. The first-order chi connectivity index (χ1) is 4.83. The van der Waals surface area contributed by atoms with Crippen LogP contribution in [0, 0.1) is 5.92 Å². The Hall–Kier alpha value is 0.270. The van der Waals surface area contributed by atoms with Gasteiger partial charge in [-0.25, -0.2) is 5.11 Å². The minimum Gasteiger partial charge on any atom is -0.616 e. The number of hydrogen-bond donors (Lipinski definition) is 0. The highest BCUT2D eigenvalue weighted by atomic mass is 32.2. The van der Waals surface area contributed by atoms with Gasteiger partial charge < -0.3 is 4.55 Å². The first kappa shape index (κ1) is 8.37. The van der Waals surface area contributed by atoms with Crippen LogP contribution < -0.4 is 0 Å². The molecule has 2 unspecified atom stereocenters. The molecule has 0 aromatic heterocycles. The van der Waals surface area contributed by atoms with Crippen LogP contribution in [0.2, 0.25) is 0 Å². The van der Waals surface area contributed by atoms with Gasteiger partial charge in [0.25, 0.3) is 0 Å². The summed E-state index contributed by atoms with van der Waals surface area (Å²) in [5.41, 5.74) is 0. The molecule has 0 N–H and O–H groups in total. The molecule has 59 valence electrons. The van der Waals surface area contributed by atoms with E-state index in [4.69, 9.17) is 0 Å². The third kappa shape index (κ3) is 2.48. The van der Waals surface area contributed by atoms with Crippen molar-refractivity contribution in [2.75, 3.05) is 18.1 Å². The Morgan fingerprint density at radius 2 is 2.40 bits per heavy atom. The Morgan fingerprint density at radius 3 is 2.90 bits per heavy atom. The zero-order chi connectivity index (χ0) is 7.40. The van der Waals surface area contributed by atoms with Crippen molar-refractivity contribution >= 4 is 11.2 Å². The summed E-state index contributed by atoms with van der Waals surface area (Å²) in [5.74, 6) is 2.30. The van der Waals surface area contributed by atoms with E-state index >= 15 is 0 Å². The summed E-state index contributed by atoms with van der Waals surface area (Å²) in [6, 6.07) is 0. The van der Waals surface area contributed by atoms with E-state index in [2.05, 4.69) is 0 Å². The summed E-state index contributed by atoms with van der Waals surface area (Å²) in [7, 11) is 0. The minimum atomic E-state index is -0.558. The first-order valence-electron chi connectivity index (χ1n) is 3.76. The quantitative estimate of drug-likeness (QED) is 0.569. The van der Waals surface area contributed by atoms with E-state index < -0.39 is 11.2 Å². The summed E-state index contributed by atoms with van der Waals surface area (Å²) in [4.78, 5) is 0. The molecule has 1 aliphatic rings. The molecule has 0 saturated carbocycles. The maximum Gasteiger partial charge on any atom is 0.108 e. The van der Waals surface area contributed by atoms with Crippen LogP contribution in [0.5, 0.6) is 0 Å². The zero-order valence-electron chi connectivity index (χ0n) is 6.04. The molecule has 10 heavy (non-hydrogen) atoms. The highest BCUT2D eigenvalue weighted by molar-refractivity contribution is 7.91. The highest BCUT2D eigenvalue weighted by Crippen LogP contribution is 2.22. The van der Waals surface area contributed by atoms with E-state index in [1.165, 1.54) is 0 Å². The van der Waals surface area contributed by atoms with Gasteiger partial charge in [-0.05, 0) is 19.3 Å². The van der Waals surface area contributed by atoms with Gasteiger partial charge in [0.15, 0.2) is 0 Å². The lowest BCUT2D eigenvalue weighted by atomic mass is 10.0. The third-order valence-corrected chi connectivity index (χ3v) is 3.47. The van der Waals surface area contributed by atoms with Gasteiger partial charge in [0.2, 0.25) is 0 Å². The van der Waals surface area contributed by atoms with E-state index in [1.807, 2.05) is 0 Å². The Labute approximate surface area is 64.8 Å². The van der Waals surface area contributed by atoms with Crippen LogP contribution in [0.15, 0.2) is 0 Å². The third-order valence-electron chi connectivity index (χ3n) is 1.93. The SMILES string of the molecule is [O]CCCC1CC[S+]([O-])C1. The maximum absolute atomic E-state index is 10.8. The smallest absolute Gasteiger partial charge is 0.108 e. The molecule has 0 aromatic rings. The molecule has 0 aliphatic carbocycles. The standard InChI is InChI=1S/C7H13O2S/c8-4-1-2-7-3-5-10(9)6-7/h7H,1-6H2. The molecule has 1 aliphatic heterocycles. The van der Waals surface area contributed by atoms with Gasteiger partial charge in [-0.15, -0.1) is 0 Å². The van der Waals surface area contributed by atoms with Crippen LogP contribution >= 0.6 is 0 Å². The second-order valence-electron chi connectivity index (χ2n) is 2.81. The van der Waals surface area contributed by atoms with Crippen molar-refractivity contribution in [3.63, 3.8) is 0 Å². The second-order valence-corrected chi connectivity index (χ2v) is 4.43. The molecule has 0 amide bonds. The van der Waals surface area contributed by atoms with Crippen LogP contribution in [0.3, 0.4) is 0 Å². The summed E-state index contributed by atoms with van der Waals surface area (Å²) >= 11 is -0.558. The largest absolute Gasteiger partial charge is 0.616 e. The molecule has 2 atom stereocenters. The van der Waals surface area contributed by atoms with Crippen LogP contribution in [0.25, 0.3) is 0 Å². The highest BCUT2D eigenvalue weighted by Gasteiger charge is 2.25. The van der Waals surface area contributed by atoms with Crippen LogP contribution in [-0.4, -0.2) is 22.7 Å². The van der Waals surface area contributed by atoms with Crippen molar-refractivity contribution in [1.82, 2.24) is 0 Å². The normalized spacial score (nSPS) is 33.0. The molecular formula is C7H13O2S. The average Bonchev–Trinajstić information content (AvgIpc) is 2.31. The molecule has 0 bridgehead atoms. The Morgan fingerprint density at radius 1 is 1.60 bits per heavy atom. The lowest BCUT2D eigenvalue weighted by Gasteiger charge is -2.03. The topological polar surface area (TPSA) is 43.0 Å². The molecule has 1 rings (SSSR count). The monoisotopic (exact) mass is 161 g/mol. The maximum atomic E-state index is 10.8. The zero-order valence-corrected chi connectivity index (χ0v) is 6.86. The molecule has 1 radical (unpaired) electrons. The van der Waals surface area contributed by atoms with Gasteiger partial charge in [0.1, 0.15) is 11.5 Å². The fourth-order valence-corrected chi connectivity index (χ4v) is 2.95. The fraction of sp³-hybridized carbons (Fsp3) is 1.00. The average molecular weight is 161 g/mol. The van der Waals surface area contributed by atoms with Gasteiger partial charge in [0, 0.05) is 5.92 Å². The second kappa shape index (κ2) is 4.21. The Balaban J connectivity index is 2.06. The van der Waals surface area contributed by atoms with Gasteiger partial charge in [0.05, 0.1) is 6.61 Å². The van der Waals surface area contributed by atoms with Gasteiger partial charge in [-0.2, -0.15) is 0 Å². The van der Waals surface area contributed by atoms with E-state index in [0.717, 1.165) is 30.8 Å². The van der Waals surface area contributed by atoms with Crippen molar-refractivity contribution in [2.45, 2.75) is 19.3 Å². The lowest BCUT2D eigenvalue weighted by Crippen LogP contribution is -2.05. The predicted molar refractivity (Wildman–Crippen MR) is 40.8 cm³/mol. The summed E-state index contributed by atoms with van der Waals surface area (Å²) in [6.07, 6.45) is 2.84. The molecule has 1 heterocycles. The summed E-state index contributed by atoms with van der Waals surface area (Å²) in [5, 5.41) is 10.1. The molecule has 1 fully saturated rings. The number of rotatable bonds is 3. The Kier molecular flexibility index (Phi) is 3.52. The molecule has 3 heteroatoms. The molecular weight excluding hydrogens is 148 g/mol. The van der Waals surface area contributed by atoms with E-state index in [0.29, 0.717) is 5.92 Å². The predicted octanol–water partition coefficient (Wildman–Crippen LogP) is 0.966.